The average molecular weight is 348 g/mol. The molecule has 1 saturated heterocycles. The van der Waals surface area contributed by atoms with E-state index >= 15 is 0 Å². The highest BCUT2D eigenvalue weighted by atomic mass is 35.5. The van der Waals surface area contributed by atoms with Gasteiger partial charge < -0.3 is 14.5 Å². The number of ether oxygens (including phenoxy) is 1. The predicted molar refractivity (Wildman–Crippen MR) is 84.4 cm³/mol. The number of piperazine rings is 1. The first-order valence-electron chi connectivity index (χ1n) is 7.30. The number of nitrogens with one attached hydrogen (secondary N) is 3. The SMILES string of the molecule is COC(=O)NC(=O)[C@@H](C)[NH+]1CC[NH+](Cc2ccc(Cl)s2)CC1. The number of methoxy groups -OCH3 is 1. The Bertz CT molecular complexity index is 529. The molecular weight excluding hydrogens is 326 g/mol. The van der Waals surface area contributed by atoms with Gasteiger partial charge in [0.1, 0.15) is 32.7 Å². The Morgan fingerprint density at radius 1 is 1.36 bits per heavy atom. The van der Waals surface area contributed by atoms with Crippen molar-refractivity contribution in [2.75, 3.05) is 33.3 Å². The van der Waals surface area contributed by atoms with Crippen LogP contribution in [0.2, 0.25) is 4.34 Å². The highest BCUT2D eigenvalue weighted by molar-refractivity contribution is 7.16. The van der Waals surface area contributed by atoms with Crippen LogP contribution in [-0.2, 0) is 16.1 Å². The Hall–Kier alpha value is -1.15. The lowest BCUT2D eigenvalue weighted by molar-refractivity contribution is -1.02. The molecule has 1 aliphatic rings. The van der Waals surface area contributed by atoms with E-state index in [1.807, 2.05) is 13.0 Å². The maximum Gasteiger partial charge on any atom is 0.413 e. The third-order valence-corrected chi connectivity index (χ3v) is 5.30. The summed E-state index contributed by atoms with van der Waals surface area (Å²) in [7, 11) is 1.25. The molecule has 1 aliphatic heterocycles. The summed E-state index contributed by atoms with van der Waals surface area (Å²) in [4.78, 5) is 27.0. The second-order valence-electron chi connectivity index (χ2n) is 5.49. The number of thiophene rings is 1. The van der Waals surface area contributed by atoms with E-state index in [9.17, 15) is 9.59 Å². The van der Waals surface area contributed by atoms with E-state index in [-0.39, 0.29) is 11.9 Å². The van der Waals surface area contributed by atoms with Crippen molar-refractivity contribution in [3.8, 4) is 0 Å². The molecule has 0 saturated carbocycles. The van der Waals surface area contributed by atoms with Crippen LogP contribution in [0.25, 0.3) is 0 Å². The van der Waals surface area contributed by atoms with E-state index in [0.29, 0.717) is 0 Å². The third-order valence-electron chi connectivity index (χ3n) is 4.07. The van der Waals surface area contributed by atoms with Gasteiger partial charge in [-0.1, -0.05) is 11.6 Å². The second kappa shape index (κ2) is 7.92. The van der Waals surface area contributed by atoms with Crippen LogP contribution in [0.5, 0.6) is 0 Å². The molecule has 0 spiro atoms. The summed E-state index contributed by atoms with van der Waals surface area (Å²) in [5.74, 6) is -0.282. The molecule has 1 aromatic heterocycles. The highest BCUT2D eigenvalue weighted by Crippen LogP contribution is 2.20. The molecule has 0 aromatic carbocycles. The van der Waals surface area contributed by atoms with Gasteiger partial charge in [-0.25, -0.2) is 4.79 Å². The van der Waals surface area contributed by atoms with Crippen molar-refractivity contribution in [1.29, 1.82) is 0 Å². The van der Waals surface area contributed by atoms with Gasteiger partial charge in [-0.3, -0.25) is 10.1 Å². The molecule has 6 nitrogen and oxygen atoms in total. The van der Waals surface area contributed by atoms with Gasteiger partial charge in [-0.2, -0.15) is 0 Å². The standard InChI is InChI=1S/C14H20ClN3O3S/c1-10(13(19)16-14(20)21-2)18-7-5-17(6-8-18)9-11-3-4-12(15)22-11/h3-4,10H,5-9H2,1-2H3,(H,16,19,20)/p+2/t10-/m1/s1. The van der Waals surface area contributed by atoms with Gasteiger partial charge in [0.05, 0.1) is 16.3 Å². The van der Waals surface area contributed by atoms with Crippen LogP contribution in [0, 0.1) is 0 Å². The molecule has 0 aliphatic carbocycles. The summed E-state index contributed by atoms with van der Waals surface area (Å²) in [6.45, 7) is 6.64. The molecule has 22 heavy (non-hydrogen) atoms. The van der Waals surface area contributed by atoms with Crippen molar-refractivity contribution in [2.45, 2.75) is 19.5 Å². The number of carbonyl (C=O) groups excluding carboxylic acids is 2. The minimum Gasteiger partial charge on any atom is -0.453 e. The van der Waals surface area contributed by atoms with E-state index in [1.165, 1.54) is 21.8 Å². The van der Waals surface area contributed by atoms with Crippen LogP contribution in [-0.4, -0.2) is 51.3 Å². The average Bonchev–Trinajstić information content (AvgIpc) is 2.92. The Labute approximate surface area is 139 Å². The first-order valence-corrected chi connectivity index (χ1v) is 8.50. The molecule has 122 valence electrons. The minimum atomic E-state index is -0.699. The fourth-order valence-electron chi connectivity index (χ4n) is 2.67. The number of hydrogen-bond acceptors (Lipinski definition) is 4. The number of rotatable bonds is 4. The van der Waals surface area contributed by atoms with E-state index in [4.69, 9.17) is 11.6 Å². The Balaban J connectivity index is 1.78. The summed E-state index contributed by atoms with van der Waals surface area (Å²) in [6, 6.07) is 3.75. The van der Waals surface area contributed by atoms with Crippen LogP contribution in [0.15, 0.2) is 12.1 Å². The Morgan fingerprint density at radius 2 is 2.05 bits per heavy atom. The lowest BCUT2D eigenvalue weighted by Crippen LogP contribution is -3.29. The van der Waals surface area contributed by atoms with Crippen LogP contribution in [0.1, 0.15) is 11.8 Å². The van der Waals surface area contributed by atoms with Gasteiger partial charge in [0.2, 0.25) is 0 Å². The topological polar surface area (TPSA) is 64.3 Å². The number of hydrogen-bond donors (Lipinski definition) is 3. The molecule has 3 N–H and O–H groups in total. The number of amides is 2. The zero-order valence-corrected chi connectivity index (χ0v) is 14.4. The number of carbonyl (C=O) groups is 2. The summed E-state index contributed by atoms with van der Waals surface area (Å²) >= 11 is 7.58. The maximum absolute atomic E-state index is 11.9. The lowest BCUT2D eigenvalue weighted by Gasteiger charge is -2.32. The molecule has 1 fully saturated rings. The fourth-order valence-corrected chi connectivity index (χ4v) is 3.83. The second-order valence-corrected chi connectivity index (χ2v) is 7.29. The number of imide groups is 1. The van der Waals surface area contributed by atoms with E-state index in [1.54, 1.807) is 11.3 Å². The number of halogens is 1. The smallest absolute Gasteiger partial charge is 0.413 e. The van der Waals surface area contributed by atoms with Crippen molar-refractivity contribution < 1.29 is 24.1 Å². The first-order chi connectivity index (χ1) is 10.5. The largest absolute Gasteiger partial charge is 0.453 e. The van der Waals surface area contributed by atoms with Crippen molar-refractivity contribution in [1.82, 2.24) is 5.32 Å². The molecule has 1 aromatic rings. The third kappa shape index (κ3) is 4.67. The van der Waals surface area contributed by atoms with Gasteiger partial charge in [0.15, 0.2) is 6.04 Å². The summed E-state index contributed by atoms with van der Waals surface area (Å²) in [5.41, 5.74) is 0. The van der Waals surface area contributed by atoms with Crippen LogP contribution in [0.3, 0.4) is 0 Å². The lowest BCUT2D eigenvalue weighted by atomic mass is 10.2. The summed E-state index contributed by atoms with van der Waals surface area (Å²) in [6.07, 6.45) is -0.699. The van der Waals surface area contributed by atoms with Gasteiger partial charge in [-0.05, 0) is 19.1 Å². The van der Waals surface area contributed by atoms with Crippen molar-refractivity contribution >= 4 is 34.9 Å². The zero-order valence-electron chi connectivity index (χ0n) is 12.8. The highest BCUT2D eigenvalue weighted by Gasteiger charge is 2.31. The van der Waals surface area contributed by atoms with Gasteiger partial charge in [0.25, 0.3) is 5.91 Å². The summed E-state index contributed by atoms with van der Waals surface area (Å²) < 4.78 is 5.28. The van der Waals surface area contributed by atoms with E-state index < -0.39 is 6.09 Å². The minimum absolute atomic E-state index is 0.253. The molecule has 0 radical (unpaired) electrons. The van der Waals surface area contributed by atoms with E-state index in [0.717, 1.165) is 37.1 Å². The quantitative estimate of drug-likeness (QED) is 0.651. The molecular formula is C14H22ClN3O3S+2. The number of alkyl carbamates (subject to hydrolysis) is 1. The van der Waals surface area contributed by atoms with Gasteiger partial charge in [-0.15, -0.1) is 11.3 Å². The molecule has 0 bridgehead atoms. The molecule has 1 atom stereocenters. The normalized spacial score (nSPS) is 22.9. The molecule has 2 rings (SSSR count). The monoisotopic (exact) mass is 347 g/mol. The van der Waals surface area contributed by atoms with Gasteiger partial charge >= 0.3 is 6.09 Å². The van der Waals surface area contributed by atoms with Crippen LogP contribution >= 0.6 is 22.9 Å². The number of quaternary nitrogens is 2. The van der Waals surface area contributed by atoms with Crippen molar-refractivity contribution in [3.05, 3.63) is 21.3 Å². The summed E-state index contributed by atoms with van der Waals surface area (Å²) in [5, 5.41) is 2.24. The van der Waals surface area contributed by atoms with Crippen molar-refractivity contribution in [3.63, 3.8) is 0 Å². The molecule has 2 heterocycles. The first kappa shape index (κ1) is 17.2. The maximum atomic E-state index is 11.9. The fraction of sp³-hybridized carbons (Fsp3) is 0.571. The zero-order chi connectivity index (χ0) is 16.1. The van der Waals surface area contributed by atoms with Crippen LogP contribution < -0.4 is 15.1 Å². The molecule has 0 unspecified atom stereocenters. The predicted octanol–water partition coefficient (Wildman–Crippen LogP) is -1.04. The molecule has 8 heteroatoms. The van der Waals surface area contributed by atoms with E-state index in [2.05, 4.69) is 16.1 Å². The van der Waals surface area contributed by atoms with Gasteiger partial charge in [0, 0.05) is 0 Å². The van der Waals surface area contributed by atoms with Crippen LogP contribution in [0.4, 0.5) is 4.79 Å². The van der Waals surface area contributed by atoms with Crippen molar-refractivity contribution in [2.24, 2.45) is 0 Å². The Kier molecular flexibility index (Phi) is 6.19. The Morgan fingerprint density at radius 3 is 2.59 bits per heavy atom. The molecule has 2 amide bonds.